The van der Waals surface area contributed by atoms with Crippen molar-refractivity contribution in [2.75, 3.05) is 5.73 Å². The molecular formula is C9H11N3. The summed E-state index contributed by atoms with van der Waals surface area (Å²) in [4.78, 5) is 3.10. The quantitative estimate of drug-likeness (QED) is 0.655. The fourth-order valence-electron chi connectivity index (χ4n) is 1.30. The van der Waals surface area contributed by atoms with Crippen molar-refractivity contribution in [1.82, 2.24) is 9.55 Å². The second-order valence-electron chi connectivity index (χ2n) is 2.85. The molecule has 0 aliphatic carbocycles. The Kier molecular flexibility index (Phi) is 1.43. The van der Waals surface area contributed by atoms with Gasteiger partial charge in [-0.3, -0.25) is 0 Å². The SMILES string of the molecule is Cn1cccc1-c1cc(N)c[nH]1. The van der Waals surface area contributed by atoms with Crippen molar-refractivity contribution in [2.45, 2.75) is 0 Å². The molecule has 2 aromatic heterocycles. The maximum Gasteiger partial charge on any atom is 0.0643 e. The number of aryl methyl sites for hydroxylation is 1. The van der Waals surface area contributed by atoms with Gasteiger partial charge in [0.2, 0.25) is 0 Å². The van der Waals surface area contributed by atoms with Gasteiger partial charge in [0.1, 0.15) is 0 Å². The second kappa shape index (κ2) is 2.44. The molecule has 3 heteroatoms. The van der Waals surface area contributed by atoms with E-state index in [1.165, 1.54) is 0 Å². The van der Waals surface area contributed by atoms with Crippen molar-refractivity contribution in [1.29, 1.82) is 0 Å². The number of nitrogens with one attached hydrogen (secondary N) is 1. The Morgan fingerprint density at radius 3 is 2.83 bits per heavy atom. The summed E-state index contributed by atoms with van der Waals surface area (Å²) >= 11 is 0. The lowest BCUT2D eigenvalue weighted by Crippen LogP contribution is -1.88. The van der Waals surface area contributed by atoms with E-state index in [4.69, 9.17) is 5.73 Å². The minimum Gasteiger partial charge on any atom is -0.397 e. The van der Waals surface area contributed by atoms with E-state index in [0.717, 1.165) is 17.1 Å². The van der Waals surface area contributed by atoms with Gasteiger partial charge in [-0.2, -0.15) is 0 Å². The number of aromatic amines is 1. The summed E-state index contributed by atoms with van der Waals surface area (Å²) in [7, 11) is 2.01. The minimum atomic E-state index is 0.770. The first-order chi connectivity index (χ1) is 5.77. The van der Waals surface area contributed by atoms with Crippen LogP contribution < -0.4 is 5.73 Å². The van der Waals surface area contributed by atoms with Crippen molar-refractivity contribution in [2.24, 2.45) is 7.05 Å². The van der Waals surface area contributed by atoms with Crippen molar-refractivity contribution in [3.63, 3.8) is 0 Å². The van der Waals surface area contributed by atoms with Crippen LogP contribution >= 0.6 is 0 Å². The third kappa shape index (κ3) is 0.993. The monoisotopic (exact) mass is 161 g/mol. The van der Waals surface area contributed by atoms with E-state index in [9.17, 15) is 0 Å². The Morgan fingerprint density at radius 2 is 2.33 bits per heavy atom. The van der Waals surface area contributed by atoms with Crippen LogP contribution in [-0.4, -0.2) is 9.55 Å². The Hall–Kier alpha value is -1.64. The number of nitrogen functional groups attached to an aromatic ring is 1. The molecule has 0 bridgehead atoms. The van der Waals surface area contributed by atoms with Crippen LogP contribution in [0.1, 0.15) is 0 Å². The predicted octanol–water partition coefficient (Wildman–Crippen LogP) is 1.60. The molecule has 3 N–H and O–H groups in total. The van der Waals surface area contributed by atoms with Crippen LogP contribution in [0.15, 0.2) is 30.6 Å². The normalized spacial score (nSPS) is 10.4. The molecule has 0 radical (unpaired) electrons. The van der Waals surface area contributed by atoms with Crippen LogP contribution in [0.2, 0.25) is 0 Å². The Bertz CT molecular complexity index is 384. The fourth-order valence-corrected chi connectivity index (χ4v) is 1.30. The fraction of sp³-hybridized carbons (Fsp3) is 0.111. The van der Waals surface area contributed by atoms with Gasteiger partial charge in [0.25, 0.3) is 0 Å². The van der Waals surface area contributed by atoms with E-state index in [0.29, 0.717) is 0 Å². The van der Waals surface area contributed by atoms with E-state index in [1.54, 1.807) is 6.20 Å². The average molecular weight is 161 g/mol. The van der Waals surface area contributed by atoms with E-state index in [-0.39, 0.29) is 0 Å². The summed E-state index contributed by atoms with van der Waals surface area (Å²) < 4.78 is 2.05. The number of H-pyrrole nitrogens is 1. The smallest absolute Gasteiger partial charge is 0.0643 e. The summed E-state index contributed by atoms with van der Waals surface area (Å²) in [5, 5.41) is 0. The summed E-state index contributed by atoms with van der Waals surface area (Å²) in [5.74, 6) is 0. The Labute approximate surface area is 70.8 Å². The van der Waals surface area contributed by atoms with Gasteiger partial charge < -0.3 is 15.3 Å². The van der Waals surface area contributed by atoms with Crippen LogP contribution in [0.4, 0.5) is 5.69 Å². The minimum absolute atomic E-state index is 0.770. The van der Waals surface area contributed by atoms with Gasteiger partial charge in [0.05, 0.1) is 11.4 Å². The van der Waals surface area contributed by atoms with Crippen LogP contribution in [0.3, 0.4) is 0 Å². The largest absolute Gasteiger partial charge is 0.397 e. The molecular weight excluding hydrogens is 150 g/mol. The van der Waals surface area contributed by atoms with E-state index in [2.05, 4.69) is 4.98 Å². The number of anilines is 1. The molecule has 62 valence electrons. The van der Waals surface area contributed by atoms with Crippen LogP contribution in [-0.2, 0) is 7.05 Å². The molecule has 0 aromatic carbocycles. The summed E-state index contributed by atoms with van der Waals surface area (Å²) in [6.45, 7) is 0. The van der Waals surface area contributed by atoms with Crippen molar-refractivity contribution < 1.29 is 0 Å². The summed E-state index contributed by atoms with van der Waals surface area (Å²) in [6, 6.07) is 5.98. The first-order valence-electron chi connectivity index (χ1n) is 3.83. The van der Waals surface area contributed by atoms with Crippen molar-refractivity contribution in [3.8, 4) is 11.4 Å². The van der Waals surface area contributed by atoms with Gasteiger partial charge >= 0.3 is 0 Å². The number of rotatable bonds is 1. The molecule has 0 saturated heterocycles. The Balaban J connectivity index is 2.50. The first kappa shape index (κ1) is 7.03. The molecule has 2 aromatic rings. The van der Waals surface area contributed by atoms with Crippen LogP contribution in [0.5, 0.6) is 0 Å². The van der Waals surface area contributed by atoms with Gasteiger partial charge in [-0.05, 0) is 18.2 Å². The second-order valence-corrected chi connectivity index (χ2v) is 2.85. The standard InChI is InChI=1S/C9H11N3/c1-12-4-2-3-9(12)8-5-7(10)6-11-8/h2-6,11H,10H2,1H3. The zero-order chi connectivity index (χ0) is 8.55. The predicted molar refractivity (Wildman–Crippen MR) is 49.6 cm³/mol. The molecule has 0 aliphatic heterocycles. The molecule has 0 fully saturated rings. The number of hydrogen-bond donors (Lipinski definition) is 2. The van der Waals surface area contributed by atoms with Crippen LogP contribution in [0.25, 0.3) is 11.4 Å². The molecule has 0 unspecified atom stereocenters. The molecule has 2 heterocycles. The Morgan fingerprint density at radius 1 is 1.50 bits per heavy atom. The van der Waals surface area contributed by atoms with Gasteiger partial charge in [-0.1, -0.05) is 0 Å². The van der Waals surface area contributed by atoms with E-state index >= 15 is 0 Å². The molecule has 3 nitrogen and oxygen atoms in total. The van der Waals surface area contributed by atoms with Crippen LogP contribution in [0, 0.1) is 0 Å². The maximum atomic E-state index is 5.59. The van der Waals surface area contributed by atoms with E-state index in [1.807, 2.05) is 36.0 Å². The molecule has 0 saturated carbocycles. The zero-order valence-electron chi connectivity index (χ0n) is 6.91. The van der Waals surface area contributed by atoms with Gasteiger partial charge in [-0.25, -0.2) is 0 Å². The van der Waals surface area contributed by atoms with Crippen molar-refractivity contribution in [3.05, 3.63) is 30.6 Å². The lowest BCUT2D eigenvalue weighted by atomic mass is 10.3. The highest BCUT2D eigenvalue weighted by molar-refractivity contribution is 5.61. The van der Waals surface area contributed by atoms with Gasteiger partial charge in [-0.15, -0.1) is 0 Å². The van der Waals surface area contributed by atoms with Crippen molar-refractivity contribution >= 4 is 5.69 Å². The lowest BCUT2D eigenvalue weighted by Gasteiger charge is -1.98. The number of nitrogens with zero attached hydrogens (tertiary/aromatic N) is 1. The summed E-state index contributed by atoms with van der Waals surface area (Å²) in [5.41, 5.74) is 8.56. The molecule has 0 aliphatic rings. The lowest BCUT2D eigenvalue weighted by molar-refractivity contribution is 0.932. The number of nitrogens with two attached hydrogens (primary N) is 1. The molecule has 0 spiro atoms. The highest BCUT2D eigenvalue weighted by Gasteiger charge is 2.01. The average Bonchev–Trinajstić information content (AvgIpc) is 2.58. The molecule has 0 amide bonds. The third-order valence-corrected chi connectivity index (χ3v) is 1.93. The van der Waals surface area contributed by atoms with E-state index < -0.39 is 0 Å². The zero-order valence-corrected chi connectivity index (χ0v) is 6.91. The molecule has 12 heavy (non-hydrogen) atoms. The molecule has 0 atom stereocenters. The number of aromatic nitrogens is 2. The van der Waals surface area contributed by atoms with Gasteiger partial charge in [0, 0.05) is 25.1 Å². The number of hydrogen-bond acceptors (Lipinski definition) is 1. The summed E-state index contributed by atoms with van der Waals surface area (Å²) in [6.07, 6.45) is 3.80. The maximum absolute atomic E-state index is 5.59. The highest BCUT2D eigenvalue weighted by atomic mass is 14.9. The highest BCUT2D eigenvalue weighted by Crippen LogP contribution is 2.19. The van der Waals surface area contributed by atoms with Gasteiger partial charge in [0.15, 0.2) is 0 Å². The molecule has 2 rings (SSSR count). The topological polar surface area (TPSA) is 46.7 Å². The first-order valence-corrected chi connectivity index (χ1v) is 3.83. The third-order valence-electron chi connectivity index (χ3n) is 1.93.